The fraction of sp³-hybridized carbons (Fsp3) is 0.240. The molecule has 1 aliphatic heterocycles. The molecule has 2 heterocycles. The summed E-state index contributed by atoms with van der Waals surface area (Å²) in [5, 5.41) is 10.9. The molecule has 7 heteroatoms. The maximum absolute atomic E-state index is 13.2. The minimum absolute atomic E-state index is 0.133. The summed E-state index contributed by atoms with van der Waals surface area (Å²) >= 11 is 3.48. The van der Waals surface area contributed by atoms with E-state index >= 15 is 0 Å². The molecule has 1 amide bonds. The number of allylic oxidation sites excluding steroid dienone is 2. The normalized spacial score (nSPS) is 17.5. The van der Waals surface area contributed by atoms with Gasteiger partial charge in [0.1, 0.15) is 17.4 Å². The van der Waals surface area contributed by atoms with Gasteiger partial charge < -0.3 is 10.6 Å². The smallest absolute Gasteiger partial charge is 0.261 e. The molecule has 0 radical (unpaired) electrons. The molecule has 1 aliphatic carbocycles. The van der Waals surface area contributed by atoms with Gasteiger partial charge in [0.05, 0.1) is 6.20 Å². The molecule has 0 bridgehead atoms. The van der Waals surface area contributed by atoms with Crippen molar-refractivity contribution in [1.29, 1.82) is 0 Å². The first-order valence-electron chi connectivity index (χ1n) is 10.7. The second kappa shape index (κ2) is 8.06. The maximum Gasteiger partial charge on any atom is 0.261 e. The standard InChI is InChI=1S/C25H23BrN4O2/c1-14-6-11-18(12-15(14)2)28-25(32)19-13-27-30-23(16-7-9-17(26)10-8-16)22-20(29-24(19)30)4-3-5-21(22)31/h6-13,23,29H,3-5H2,1-2H3,(H,28,32)/t23-/m1/s1. The van der Waals surface area contributed by atoms with E-state index in [2.05, 4.69) is 31.7 Å². The van der Waals surface area contributed by atoms with Crippen molar-refractivity contribution in [2.24, 2.45) is 0 Å². The third-order valence-electron chi connectivity index (χ3n) is 6.23. The van der Waals surface area contributed by atoms with E-state index in [0.29, 0.717) is 17.8 Å². The summed E-state index contributed by atoms with van der Waals surface area (Å²) in [5.41, 5.74) is 6.08. The van der Waals surface area contributed by atoms with E-state index in [4.69, 9.17) is 0 Å². The second-order valence-electron chi connectivity index (χ2n) is 8.35. The van der Waals surface area contributed by atoms with Crippen LogP contribution >= 0.6 is 15.9 Å². The molecule has 1 aromatic heterocycles. The number of rotatable bonds is 3. The number of fused-ring (bicyclic) bond motifs is 1. The van der Waals surface area contributed by atoms with E-state index in [9.17, 15) is 9.59 Å². The number of amides is 1. The quantitative estimate of drug-likeness (QED) is 0.505. The number of ketones is 1. The summed E-state index contributed by atoms with van der Waals surface area (Å²) in [4.78, 5) is 26.1. The lowest BCUT2D eigenvalue weighted by atomic mass is 9.85. The SMILES string of the molecule is Cc1ccc(NC(=O)c2cnn3c2NC2=C(C(=O)CCC2)[C@H]3c2ccc(Br)cc2)cc1C. The highest BCUT2D eigenvalue weighted by atomic mass is 79.9. The van der Waals surface area contributed by atoms with Crippen molar-refractivity contribution in [3.8, 4) is 0 Å². The van der Waals surface area contributed by atoms with Crippen molar-refractivity contribution in [3.05, 3.63) is 86.7 Å². The fourth-order valence-corrected chi connectivity index (χ4v) is 4.66. The molecule has 3 aromatic rings. The summed E-state index contributed by atoms with van der Waals surface area (Å²) < 4.78 is 2.73. The van der Waals surface area contributed by atoms with Crippen LogP contribution in [0.2, 0.25) is 0 Å². The fourth-order valence-electron chi connectivity index (χ4n) is 4.40. The lowest BCUT2D eigenvalue weighted by Gasteiger charge is -2.33. The first-order valence-corrected chi connectivity index (χ1v) is 11.5. The van der Waals surface area contributed by atoms with Crippen LogP contribution in [0.15, 0.2) is 64.4 Å². The predicted octanol–water partition coefficient (Wildman–Crippen LogP) is 5.54. The van der Waals surface area contributed by atoms with Crippen LogP contribution in [-0.4, -0.2) is 21.5 Å². The lowest BCUT2D eigenvalue weighted by molar-refractivity contribution is -0.116. The molecule has 1 atom stereocenters. The Hall–Kier alpha value is -3.19. The average Bonchev–Trinajstić information content (AvgIpc) is 3.19. The molecular weight excluding hydrogens is 468 g/mol. The zero-order valence-corrected chi connectivity index (χ0v) is 19.5. The number of nitrogens with one attached hydrogen (secondary N) is 2. The molecule has 0 saturated carbocycles. The van der Waals surface area contributed by atoms with Crippen LogP contribution in [0, 0.1) is 13.8 Å². The Balaban J connectivity index is 1.55. The van der Waals surface area contributed by atoms with Gasteiger partial charge in [-0.2, -0.15) is 5.10 Å². The average molecular weight is 491 g/mol. The number of anilines is 2. The Bertz CT molecular complexity index is 1270. The highest BCUT2D eigenvalue weighted by molar-refractivity contribution is 9.10. The Kier molecular flexibility index (Phi) is 5.21. The van der Waals surface area contributed by atoms with E-state index in [1.807, 2.05) is 56.3 Å². The Morgan fingerprint density at radius 3 is 2.66 bits per heavy atom. The van der Waals surface area contributed by atoms with Gasteiger partial charge >= 0.3 is 0 Å². The summed E-state index contributed by atoms with van der Waals surface area (Å²) in [6, 6.07) is 13.4. The lowest BCUT2D eigenvalue weighted by Crippen LogP contribution is -2.32. The van der Waals surface area contributed by atoms with Crippen molar-refractivity contribution in [2.75, 3.05) is 10.6 Å². The molecule has 6 nitrogen and oxygen atoms in total. The number of aromatic nitrogens is 2. The van der Waals surface area contributed by atoms with Crippen molar-refractivity contribution in [2.45, 2.75) is 39.2 Å². The monoisotopic (exact) mass is 490 g/mol. The van der Waals surface area contributed by atoms with Crippen LogP contribution in [0.5, 0.6) is 0 Å². The van der Waals surface area contributed by atoms with Crippen LogP contribution in [0.1, 0.15) is 52.4 Å². The van der Waals surface area contributed by atoms with E-state index in [1.165, 1.54) is 5.56 Å². The molecule has 162 valence electrons. The zero-order valence-electron chi connectivity index (χ0n) is 17.9. The van der Waals surface area contributed by atoms with E-state index in [-0.39, 0.29) is 17.7 Å². The van der Waals surface area contributed by atoms with Gasteiger partial charge in [0, 0.05) is 27.9 Å². The number of aryl methyl sites for hydroxylation is 2. The molecule has 2 N–H and O–H groups in total. The van der Waals surface area contributed by atoms with Crippen LogP contribution in [-0.2, 0) is 4.79 Å². The summed E-state index contributed by atoms with van der Waals surface area (Å²) in [6.45, 7) is 4.06. The maximum atomic E-state index is 13.2. The summed E-state index contributed by atoms with van der Waals surface area (Å²) in [6.07, 6.45) is 3.69. The number of nitrogens with zero attached hydrogens (tertiary/aromatic N) is 2. The van der Waals surface area contributed by atoms with Crippen LogP contribution < -0.4 is 10.6 Å². The van der Waals surface area contributed by atoms with Gasteiger partial charge in [0.15, 0.2) is 5.78 Å². The minimum atomic E-state index is -0.356. The highest BCUT2D eigenvalue weighted by Crippen LogP contribution is 2.41. The number of hydrogen-bond donors (Lipinski definition) is 2. The van der Waals surface area contributed by atoms with Crippen LogP contribution in [0.4, 0.5) is 11.5 Å². The molecule has 0 spiro atoms. The topological polar surface area (TPSA) is 76.0 Å². The minimum Gasteiger partial charge on any atom is -0.343 e. The second-order valence-corrected chi connectivity index (χ2v) is 9.27. The Morgan fingerprint density at radius 1 is 1.12 bits per heavy atom. The van der Waals surface area contributed by atoms with E-state index in [1.54, 1.807) is 10.9 Å². The van der Waals surface area contributed by atoms with Crippen molar-refractivity contribution in [1.82, 2.24) is 9.78 Å². The number of Topliss-reactive ketones (excluding diaryl/α,β-unsaturated/α-hetero) is 1. The van der Waals surface area contributed by atoms with Crippen molar-refractivity contribution < 1.29 is 9.59 Å². The zero-order chi connectivity index (χ0) is 22.4. The molecule has 0 unspecified atom stereocenters. The molecule has 0 fully saturated rings. The summed E-state index contributed by atoms with van der Waals surface area (Å²) in [7, 11) is 0. The van der Waals surface area contributed by atoms with Crippen molar-refractivity contribution >= 4 is 39.1 Å². The first kappa shape index (κ1) is 20.7. The van der Waals surface area contributed by atoms with Crippen LogP contribution in [0.25, 0.3) is 0 Å². The molecule has 0 saturated heterocycles. The number of carbonyl (C=O) groups is 2. The van der Waals surface area contributed by atoms with Gasteiger partial charge in [0.25, 0.3) is 5.91 Å². The van der Waals surface area contributed by atoms with Gasteiger partial charge in [-0.05, 0) is 67.6 Å². The molecule has 5 rings (SSSR count). The van der Waals surface area contributed by atoms with E-state index in [0.717, 1.165) is 45.4 Å². The molecular formula is C25H23BrN4O2. The van der Waals surface area contributed by atoms with E-state index < -0.39 is 0 Å². The Morgan fingerprint density at radius 2 is 1.91 bits per heavy atom. The highest BCUT2D eigenvalue weighted by Gasteiger charge is 2.37. The largest absolute Gasteiger partial charge is 0.343 e. The van der Waals surface area contributed by atoms with Crippen molar-refractivity contribution in [3.63, 3.8) is 0 Å². The third kappa shape index (κ3) is 3.56. The summed E-state index contributed by atoms with van der Waals surface area (Å²) in [5.74, 6) is 0.518. The van der Waals surface area contributed by atoms with Gasteiger partial charge in [0.2, 0.25) is 0 Å². The Labute approximate surface area is 194 Å². The number of carbonyl (C=O) groups excluding carboxylic acids is 2. The number of halogens is 1. The van der Waals surface area contributed by atoms with Gasteiger partial charge in [-0.1, -0.05) is 34.1 Å². The number of hydrogen-bond acceptors (Lipinski definition) is 4. The molecule has 2 aliphatic rings. The predicted molar refractivity (Wildman–Crippen MR) is 128 cm³/mol. The van der Waals surface area contributed by atoms with Gasteiger partial charge in [-0.25, -0.2) is 4.68 Å². The molecule has 2 aromatic carbocycles. The van der Waals surface area contributed by atoms with Gasteiger partial charge in [-0.15, -0.1) is 0 Å². The van der Waals surface area contributed by atoms with Crippen LogP contribution in [0.3, 0.4) is 0 Å². The number of benzene rings is 2. The van der Waals surface area contributed by atoms with Gasteiger partial charge in [-0.3, -0.25) is 9.59 Å². The third-order valence-corrected chi connectivity index (χ3v) is 6.76. The first-order chi connectivity index (χ1) is 15.4. The molecule has 32 heavy (non-hydrogen) atoms.